The van der Waals surface area contributed by atoms with Crippen molar-refractivity contribution in [2.45, 2.75) is 31.1 Å². The number of hydrogen-bond acceptors (Lipinski definition) is 7. The van der Waals surface area contributed by atoms with Crippen LogP contribution in [0.5, 0.6) is 0 Å². The molecule has 8 heteroatoms. The first-order chi connectivity index (χ1) is 8.02. The Labute approximate surface area is 107 Å². The lowest BCUT2D eigenvalue weighted by Crippen LogP contribution is -2.39. The van der Waals surface area contributed by atoms with Crippen LogP contribution in [-0.4, -0.2) is 38.5 Å². The number of nitrogens with two attached hydrogens (primary N) is 1. The monoisotopic (exact) mass is 277 g/mol. The summed E-state index contributed by atoms with van der Waals surface area (Å²) in [5, 5.41) is 3.73. The Morgan fingerprint density at radius 3 is 2.39 bits per heavy atom. The minimum absolute atomic E-state index is 0.0211. The Bertz CT molecular complexity index is 519. The summed E-state index contributed by atoms with van der Waals surface area (Å²) in [6, 6.07) is 0. The lowest BCUT2D eigenvalue weighted by Gasteiger charge is -2.19. The molecule has 0 fully saturated rings. The van der Waals surface area contributed by atoms with E-state index in [4.69, 9.17) is 15.0 Å². The van der Waals surface area contributed by atoms with E-state index in [-0.39, 0.29) is 18.3 Å². The minimum atomic E-state index is -3.37. The number of aromatic nitrogens is 2. The van der Waals surface area contributed by atoms with Crippen LogP contribution < -0.4 is 5.73 Å². The molecule has 0 amide bonds. The van der Waals surface area contributed by atoms with Gasteiger partial charge in [0.25, 0.3) is 0 Å². The molecule has 18 heavy (non-hydrogen) atoms. The van der Waals surface area contributed by atoms with Crippen LogP contribution in [0.25, 0.3) is 0 Å². The quantitative estimate of drug-likeness (QED) is 0.817. The number of nitrogens with zero attached hydrogens (tertiary/aromatic N) is 2. The Balaban J connectivity index is 3.16. The SMILES string of the molecule is COCC(C)(N)c1noc(C(C)(C)S(C)(=O)=O)n1. The zero-order valence-corrected chi connectivity index (χ0v) is 12.0. The van der Waals surface area contributed by atoms with Crippen molar-refractivity contribution in [2.75, 3.05) is 20.0 Å². The molecule has 7 nitrogen and oxygen atoms in total. The first-order valence-corrected chi connectivity index (χ1v) is 7.23. The maximum Gasteiger partial charge on any atom is 0.247 e. The number of rotatable bonds is 5. The predicted molar refractivity (Wildman–Crippen MR) is 65.6 cm³/mol. The van der Waals surface area contributed by atoms with E-state index in [0.29, 0.717) is 0 Å². The summed E-state index contributed by atoms with van der Waals surface area (Å²) in [5.41, 5.74) is 5.03. The van der Waals surface area contributed by atoms with Gasteiger partial charge in [-0.05, 0) is 20.8 Å². The van der Waals surface area contributed by atoms with Gasteiger partial charge in [0.05, 0.1) is 6.61 Å². The van der Waals surface area contributed by atoms with Gasteiger partial charge in [0, 0.05) is 13.4 Å². The number of methoxy groups -OCH3 is 1. The second-order valence-corrected chi connectivity index (χ2v) is 7.62. The third-order valence-corrected chi connectivity index (χ3v) is 4.85. The molecule has 1 aromatic heterocycles. The molecular formula is C10H19N3O4S. The Morgan fingerprint density at radius 1 is 1.39 bits per heavy atom. The van der Waals surface area contributed by atoms with Crippen molar-refractivity contribution >= 4 is 9.84 Å². The fourth-order valence-electron chi connectivity index (χ4n) is 1.22. The topological polar surface area (TPSA) is 108 Å². The maximum absolute atomic E-state index is 11.7. The first-order valence-electron chi connectivity index (χ1n) is 5.34. The van der Waals surface area contributed by atoms with E-state index in [1.807, 2.05) is 0 Å². The molecule has 0 saturated heterocycles. The van der Waals surface area contributed by atoms with Crippen molar-refractivity contribution in [2.24, 2.45) is 5.73 Å². The molecule has 0 bridgehead atoms. The lowest BCUT2D eigenvalue weighted by atomic mass is 10.1. The third kappa shape index (κ3) is 2.70. The van der Waals surface area contributed by atoms with Gasteiger partial charge < -0.3 is 15.0 Å². The molecule has 1 heterocycles. The second-order valence-electron chi connectivity index (χ2n) is 5.06. The molecule has 104 valence electrons. The highest BCUT2D eigenvalue weighted by atomic mass is 32.2. The molecule has 0 radical (unpaired) electrons. The van der Waals surface area contributed by atoms with Gasteiger partial charge in [-0.2, -0.15) is 4.98 Å². The molecule has 2 N–H and O–H groups in total. The molecule has 1 unspecified atom stereocenters. The van der Waals surface area contributed by atoms with Crippen molar-refractivity contribution in [3.05, 3.63) is 11.7 Å². The van der Waals surface area contributed by atoms with Gasteiger partial charge in [-0.3, -0.25) is 0 Å². The van der Waals surface area contributed by atoms with Crippen LogP contribution in [0.4, 0.5) is 0 Å². The van der Waals surface area contributed by atoms with Gasteiger partial charge >= 0.3 is 0 Å². The average Bonchev–Trinajstić information content (AvgIpc) is 2.64. The molecule has 0 aliphatic heterocycles. The fraction of sp³-hybridized carbons (Fsp3) is 0.800. The zero-order valence-electron chi connectivity index (χ0n) is 11.2. The first kappa shape index (κ1) is 15.1. The van der Waals surface area contributed by atoms with Crippen LogP contribution in [0.2, 0.25) is 0 Å². The van der Waals surface area contributed by atoms with Crippen molar-refractivity contribution in [1.82, 2.24) is 10.1 Å². The summed E-state index contributed by atoms with van der Waals surface area (Å²) >= 11 is 0. The number of ether oxygens (including phenoxy) is 1. The van der Waals surface area contributed by atoms with E-state index in [1.54, 1.807) is 6.92 Å². The van der Waals surface area contributed by atoms with Crippen LogP contribution in [-0.2, 0) is 24.9 Å². The standard InChI is InChI=1S/C10H19N3O4S/c1-9(2,18(5,14)15)8-12-7(13-17-8)10(3,11)6-16-4/h6,11H2,1-5H3. The largest absolute Gasteiger partial charge is 0.382 e. The van der Waals surface area contributed by atoms with Crippen LogP contribution in [0, 0.1) is 0 Å². The van der Waals surface area contributed by atoms with E-state index >= 15 is 0 Å². The summed E-state index contributed by atoms with van der Waals surface area (Å²) in [6.45, 7) is 4.89. The fourth-order valence-corrected chi connectivity index (χ4v) is 1.62. The summed E-state index contributed by atoms with van der Waals surface area (Å²) in [5.74, 6) is 0.240. The second kappa shape index (κ2) is 4.60. The van der Waals surface area contributed by atoms with E-state index in [9.17, 15) is 8.42 Å². The summed E-state index contributed by atoms with van der Waals surface area (Å²) in [4.78, 5) is 4.08. The molecule has 1 aromatic rings. The Morgan fingerprint density at radius 2 is 1.94 bits per heavy atom. The highest BCUT2D eigenvalue weighted by Crippen LogP contribution is 2.28. The van der Waals surface area contributed by atoms with Crippen LogP contribution in [0.3, 0.4) is 0 Å². The van der Waals surface area contributed by atoms with Crippen molar-refractivity contribution in [3.63, 3.8) is 0 Å². The average molecular weight is 277 g/mol. The molecule has 0 aliphatic carbocycles. The van der Waals surface area contributed by atoms with Crippen molar-refractivity contribution in [1.29, 1.82) is 0 Å². The molecule has 0 aromatic carbocycles. The Hall–Kier alpha value is -0.990. The van der Waals surface area contributed by atoms with Gasteiger partial charge in [-0.1, -0.05) is 5.16 Å². The molecule has 0 spiro atoms. The van der Waals surface area contributed by atoms with Gasteiger partial charge in [0.1, 0.15) is 10.3 Å². The van der Waals surface area contributed by atoms with E-state index < -0.39 is 20.1 Å². The number of hydrogen-bond donors (Lipinski definition) is 1. The minimum Gasteiger partial charge on any atom is -0.382 e. The summed E-state index contributed by atoms with van der Waals surface area (Å²) in [6.07, 6.45) is 1.12. The maximum atomic E-state index is 11.7. The van der Waals surface area contributed by atoms with Crippen molar-refractivity contribution < 1.29 is 17.7 Å². The van der Waals surface area contributed by atoms with Crippen LogP contribution in [0.15, 0.2) is 4.52 Å². The highest BCUT2D eigenvalue weighted by molar-refractivity contribution is 7.91. The van der Waals surface area contributed by atoms with E-state index in [1.165, 1.54) is 21.0 Å². The summed E-state index contributed by atoms with van der Waals surface area (Å²) < 4.78 is 32.0. The van der Waals surface area contributed by atoms with Gasteiger partial charge in [0.2, 0.25) is 5.89 Å². The van der Waals surface area contributed by atoms with Crippen molar-refractivity contribution in [3.8, 4) is 0 Å². The molecule has 1 rings (SSSR count). The van der Waals surface area contributed by atoms with Gasteiger partial charge in [0.15, 0.2) is 15.7 Å². The molecular weight excluding hydrogens is 258 g/mol. The molecule has 1 atom stereocenters. The molecule has 0 aliphatic rings. The molecule has 0 saturated carbocycles. The summed E-state index contributed by atoms with van der Waals surface area (Å²) in [7, 11) is -1.86. The van der Waals surface area contributed by atoms with Crippen LogP contribution >= 0.6 is 0 Å². The third-order valence-electron chi connectivity index (χ3n) is 2.82. The highest BCUT2D eigenvalue weighted by Gasteiger charge is 2.40. The predicted octanol–water partition coefficient (Wildman–Crippen LogP) is 0.170. The normalized spacial score (nSPS) is 16.6. The van der Waals surface area contributed by atoms with Crippen LogP contribution in [0.1, 0.15) is 32.5 Å². The zero-order chi connectivity index (χ0) is 14.2. The lowest BCUT2D eigenvalue weighted by molar-refractivity contribution is 0.135. The Kier molecular flexibility index (Phi) is 3.85. The van der Waals surface area contributed by atoms with Gasteiger partial charge in [-0.25, -0.2) is 8.42 Å². The smallest absolute Gasteiger partial charge is 0.247 e. The number of sulfone groups is 1. The van der Waals surface area contributed by atoms with E-state index in [0.717, 1.165) is 6.26 Å². The van der Waals surface area contributed by atoms with Gasteiger partial charge in [-0.15, -0.1) is 0 Å². The van der Waals surface area contributed by atoms with E-state index in [2.05, 4.69) is 10.1 Å².